The first kappa shape index (κ1) is 23.5. The molecule has 3 aliphatic carbocycles. The summed E-state index contributed by atoms with van der Waals surface area (Å²) in [5, 5.41) is 32.0. The van der Waals surface area contributed by atoms with E-state index in [1.165, 1.54) is 0 Å². The molecule has 32 heavy (non-hydrogen) atoms. The van der Waals surface area contributed by atoms with Gasteiger partial charge >= 0.3 is 0 Å². The number of aliphatic hydroxyl groups is 2. The van der Waals surface area contributed by atoms with Gasteiger partial charge in [0.1, 0.15) is 12.0 Å². The van der Waals surface area contributed by atoms with E-state index in [2.05, 4.69) is 20.8 Å². The minimum absolute atomic E-state index is 0.00366. The average molecular weight is 441 g/mol. The van der Waals surface area contributed by atoms with Crippen LogP contribution in [0, 0.1) is 28.6 Å². The van der Waals surface area contributed by atoms with Crippen LogP contribution in [0.25, 0.3) is 0 Å². The molecule has 0 spiro atoms. The average Bonchev–Trinajstić information content (AvgIpc) is 2.97. The van der Waals surface area contributed by atoms with Crippen molar-refractivity contribution in [2.75, 3.05) is 0 Å². The molecule has 1 aromatic carbocycles. The van der Waals surface area contributed by atoms with Crippen molar-refractivity contribution in [1.29, 1.82) is 0 Å². The van der Waals surface area contributed by atoms with E-state index in [-0.39, 0.29) is 22.5 Å². The number of hydrogen-bond acceptors (Lipinski definition) is 4. The van der Waals surface area contributed by atoms with Gasteiger partial charge in [-0.15, -0.1) is 0 Å². The van der Waals surface area contributed by atoms with Crippen LogP contribution in [-0.4, -0.2) is 33.8 Å². The first-order chi connectivity index (χ1) is 15.0. The van der Waals surface area contributed by atoms with Crippen LogP contribution in [0.2, 0.25) is 0 Å². The highest BCUT2D eigenvalue weighted by Crippen LogP contribution is 2.72. The summed E-state index contributed by atoms with van der Waals surface area (Å²) in [5.74, 6) is 0.863. The first-order valence-electron chi connectivity index (χ1n) is 12.3. The van der Waals surface area contributed by atoms with E-state index in [0.717, 1.165) is 55.1 Å². The zero-order valence-electron chi connectivity index (χ0n) is 20.3. The van der Waals surface area contributed by atoms with Crippen molar-refractivity contribution >= 4 is 6.29 Å². The van der Waals surface area contributed by atoms with Gasteiger partial charge in [0.25, 0.3) is 0 Å². The molecule has 2 saturated carbocycles. The summed E-state index contributed by atoms with van der Waals surface area (Å²) in [4.78, 5) is 12.8. The van der Waals surface area contributed by atoms with Crippen LogP contribution in [0.3, 0.4) is 0 Å². The fourth-order valence-corrected chi connectivity index (χ4v) is 8.38. The Kier molecular flexibility index (Phi) is 5.87. The molecule has 0 aliphatic heterocycles. The highest BCUT2D eigenvalue weighted by atomic mass is 16.3. The number of fused-ring (bicyclic) bond motifs is 5. The number of aliphatic hydroxyl groups excluding tert-OH is 2. The fraction of sp³-hybridized carbons (Fsp3) is 0.679. The molecular formula is C28H40O4. The predicted octanol–water partition coefficient (Wildman–Crippen LogP) is 4.93. The van der Waals surface area contributed by atoms with E-state index in [1.807, 2.05) is 26.0 Å². The van der Waals surface area contributed by atoms with E-state index >= 15 is 0 Å². The zero-order chi connectivity index (χ0) is 23.5. The molecule has 2 unspecified atom stereocenters. The van der Waals surface area contributed by atoms with E-state index in [4.69, 9.17) is 0 Å². The van der Waals surface area contributed by atoms with Crippen molar-refractivity contribution < 1.29 is 20.1 Å². The van der Waals surface area contributed by atoms with E-state index in [0.29, 0.717) is 18.3 Å². The van der Waals surface area contributed by atoms with Crippen molar-refractivity contribution in [2.45, 2.75) is 90.8 Å². The second-order valence-electron chi connectivity index (χ2n) is 11.8. The number of aldehydes is 1. The van der Waals surface area contributed by atoms with Gasteiger partial charge in [-0.1, -0.05) is 38.5 Å². The standard InChI is InChI=1S/C28H40O4/c1-17(2)12-21(31)13-18(3)22-8-9-27(5)25-24(32)15-19-14-20(30)6-7-23(19)28(25,16-29)11-10-26(22,27)4/h6-7,12,14,16,18,21-22,24-25,30-32H,8-11,13,15H2,1-5H3/t18-,21?,22-,24+,25?,26-,27+,28-/m1/s1. The Balaban J connectivity index is 1.71. The smallest absolute Gasteiger partial charge is 0.130 e. The first-order valence-corrected chi connectivity index (χ1v) is 12.3. The fourth-order valence-electron chi connectivity index (χ4n) is 8.38. The lowest BCUT2D eigenvalue weighted by atomic mass is 9.41. The Bertz CT molecular complexity index is 918. The topological polar surface area (TPSA) is 77.8 Å². The normalized spacial score (nSPS) is 39.9. The van der Waals surface area contributed by atoms with E-state index in [1.54, 1.807) is 12.1 Å². The largest absolute Gasteiger partial charge is 0.508 e. The van der Waals surface area contributed by atoms with Crippen LogP contribution >= 0.6 is 0 Å². The van der Waals surface area contributed by atoms with Gasteiger partial charge in [0, 0.05) is 5.92 Å². The van der Waals surface area contributed by atoms with Gasteiger partial charge in [0.05, 0.1) is 17.6 Å². The lowest BCUT2D eigenvalue weighted by Crippen LogP contribution is -2.63. The molecule has 3 aliphatic rings. The number of phenolic OH excluding ortho intramolecular Hbond substituents is 1. The van der Waals surface area contributed by atoms with Crippen molar-refractivity contribution in [1.82, 2.24) is 0 Å². The number of aromatic hydroxyl groups is 1. The number of carbonyl (C=O) groups is 1. The molecule has 4 rings (SSSR count). The summed E-state index contributed by atoms with van der Waals surface area (Å²) in [6.45, 7) is 11.0. The summed E-state index contributed by atoms with van der Waals surface area (Å²) < 4.78 is 0. The molecule has 4 nitrogen and oxygen atoms in total. The van der Waals surface area contributed by atoms with E-state index < -0.39 is 17.6 Å². The maximum atomic E-state index is 12.8. The van der Waals surface area contributed by atoms with Crippen molar-refractivity contribution in [3.05, 3.63) is 41.0 Å². The minimum atomic E-state index is -0.700. The second kappa shape index (κ2) is 7.99. The van der Waals surface area contributed by atoms with Crippen molar-refractivity contribution in [2.24, 2.45) is 28.6 Å². The minimum Gasteiger partial charge on any atom is -0.508 e. The molecule has 0 amide bonds. The molecule has 2 fully saturated rings. The van der Waals surface area contributed by atoms with Crippen LogP contribution in [0.4, 0.5) is 0 Å². The molecule has 8 atom stereocenters. The maximum Gasteiger partial charge on any atom is 0.130 e. The van der Waals surface area contributed by atoms with Crippen LogP contribution in [0.1, 0.15) is 77.8 Å². The van der Waals surface area contributed by atoms with Gasteiger partial charge < -0.3 is 20.1 Å². The van der Waals surface area contributed by atoms with Gasteiger partial charge in [-0.25, -0.2) is 0 Å². The third-order valence-corrected chi connectivity index (χ3v) is 9.84. The Hall–Kier alpha value is -1.65. The maximum absolute atomic E-state index is 12.8. The molecule has 0 bridgehead atoms. The molecule has 176 valence electrons. The monoisotopic (exact) mass is 440 g/mol. The third-order valence-electron chi connectivity index (χ3n) is 9.84. The summed E-state index contributed by atoms with van der Waals surface area (Å²) in [6, 6.07) is 5.31. The zero-order valence-corrected chi connectivity index (χ0v) is 20.3. The Labute approximate surface area is 192 Å². The lowest BCUT2D eigenvalue weighted by molar-refractivity contribution is -0.152. The summed E-state index contributed by atoms with van der Waals surface area (Å²) in [7, 11) is 0. The SMILES string of the molecule is CC(C)=CC(O)C[C@@H](C)[C@H]1CC[C@@]2(C)C3[C@@H](O)Cc4cc(O)ccc4[C@]3(C=O)CC[C@]12C. The summed E-state index contributed by atoms with van der Waals surface area (Å²) >= 11 is 0. The summed E-state index contributed by atoms with van der Waals surface area (Å²) in [5.41, 5.74) is 2.18. The van der Waals surface area contributed by atoms with Crippen LogP contribution < -0.4 is 0 Å². The molecule has 0 heterocycles. The predicted molar refractivity (Wildman–Crippen MR) is 126 cm³/mol. The lowest BCUT2D eigenvalue weighted by Gasteiger charge is -2.62. The Morgan fingerprint density at radius 2 is 1.91 bits per heavy atom. The number of hydrogen-bond donors (Lipinski definition) is 3. The van der Waals surface area contributed by atoms with E-state index in [9.17, 15) is 20.1 Å². The van der Waals surface area contributed by atoms with Crippen molar-refractivity contribution in [3.8, 4) is 5.75 Å². The van der Waals surface area contributed by atoms with Gasteiger partial charge in [-0.05, 0) is 98.3 Å². The molecule has 3 N–H and O–H groups in total. The quantitative estimate of drug-likeness (QED) is 0.448. The third kappa shape index (κ3) is 3.28. The molecule has 0 aromatic heterocycles. The number of allylic oxidation sites excluding steroid dienone is 1. The molecule has 1 aromatic rings. The molecule has 0 saturated heterocycles. The van der Waals surface area contributed by atoms with Crippen molar-refractivity contribution in [3.63, 3.8) is 0 Å². The second-order valence-corrected chi connectivity index (χ2v) is 11.8. The molecular weight excluding hydrogens is 400 g/mol. The number of phenols is 1. The van der Waals surface area contributed by atoms with Crippen LogP contribution in [0.5, 0.6) is 5.75 Å². The number of benzene rings is 1. The van der Waals surface area contributed by atoms with Gasteiger partial charge in [0.15, 0.2) is 0 Å². The molecule has 4 heteroatoms. The van der Waals surface area contributed by atoms with Gasteiger partial charge in [-0.2, -0.15) is 0 Å². The van der Waals surface area contributed by atoms with Gasteiger partial charge in [0.2, 0.25) is 0 Å². The highest BCUT2D eigenvalue weighted by molar-refractivity contribution is 5.73. The Morgan fingerprint density at radius 1 is 1.19 bits per heavy atom. The summed E-state index contributed by atoms with van der Waals surface area (Å²) in [6.07, 6.45) is 6.95. The van der Waals surface area contributed by atoms with Crippen LogP contribution in [0.15, 0.2) is 29.8 Å². The molecule has 0 radical (unpaired) electrons. The van der Waals surface area contributed by atoms with Gasteiger partial charge in [-0.3, -0.25) is 0 Å². The Morgan fingerprint density at radius 3 is 2.56 bits per heavy atom. The van der Waals surface area contributed by atoms with Crippen LogP contribution in [-0.2, 0) is 16.6 Å². The number of carbonyl (C=O) groups excluding carboxylic acids is 1. The highest BCUT2D eigenvalue weighted by Gasteiger charge is 2.68. The number of rotatable bonds is 5.